The zero-order valence-corrected chi connectivity index (χ0v) is 30.8. The van der Waals surface area contributed by atoms with Gasteiger partial charge < -0.3 is 4.57 Å². The number of fused-ring (bicyclic) bond motifs is 1. The highest BCUT2D eigenvalue weighted by atomic mass is 32.1. The summed E-state index contributed by atoms with van der Waals surface area (Å²) >= 11 is 1.89. The average Bonchev–Trinajstić information content (AvgIpc) is 3.53. The molecule has 0 bridgehead atoms. The molecule has 0 fully saturated rings. The Morgan fingerprint density at radius 2 is 0.821 bits per heavy atom. The Morgan fingerprint density at radius 3 is 1.48 bits per heavy atom. The molecule has 0 aliphatic heterocycles. The Hall–Kier alpha value is -7.21. The van der Waals surface area contributed by atoms with E-state index in [2.05, 4.69) is 162 Å². The van der Waals surface area contributed by atoms with Gasteiger partial charge in [0, 0.05) is 53.3 Å². The lowest BCUT2D eigenvalue weighted by molar-refractivity contribution is 1.07. The molecule has 0 saturated heterocycles. The van der Waals surface area contributed by atoms with Crippen LogP contribution in [0.15, 0.2) is 182 Å². The molecule has 0 N–H and O–H groups in total. The molecule has 260 valence electrons. The standard InChI is InChI=1S/C51H30N4S/c1-3-10-31(11-4-1)35-16-7-17-38(28-35)50-52-49(34-12-5-2-6-13-34)53-51(54-50)39-21-20-37-30-40(25-22-36(37)29-39)55-41-26-23-32-14-8-18-43-45(32)47(41)48-42(55)27-24-33-15-9-19-44(56-43)46(33)48/h1-30H. The van der Waals surface area contributed by atoms with Gasteiger partial charge in [0.05, 0.1) is 11.0 Å². The molecule has 0 amide bonds. The molecule has 0 spiro atoms. The van der Waals surface area contributed by atoms with Gasteiger partial charge in [0.25, 0.3) is 0 Å². The maximum atomic E-state index is 5.10. The van der Waals surface area contributed by atoms with Gasteiger partial charge in [-0.1, -0.05) is 133 Å². The highest BCUT2D eigenvalue weighted by molar-refractivity contribution is 7.24. The Balaban J connectivity index is 1.02. The van der Waals surface area contributed by atoms with Crippen LogP contribution < -0.4 is 0 Å². The van der Waals surface area contributed by atoms with Crippen molar-refractivity contribution in [1.29, 1.82) is 0 Å². The van der Waals surface area contributed by atoms with Gasteiger partial charge in [0.1, 0.15) is 0 Å². The first-order chi connectivity index (χ1) is 27.7. The largest absolute Gasteiger partial charge is 0.309 e. The van der Waals surface area contributed by atoms with E-state index < -0.39 is 0 Å². The van der Waals surface area contributed by atoms with E-state index in [1.165, 1.54) is 52.8 Å². The maximum absolute atomic E-state index is 5.10. The van der Waals surface area contributed by atoms with E-state index in [0.29, 0.717) is 17.5 Å². The predicted molar refractivity (Wildman–Crippen MR) is 235 cm³/mol. The first kappa shape index (κ1) is 31.2. The minimum atomic E-state index is 0.644. The third-order valence-corrected chi connectivity index (χ3v) is 12.3. The van der Waals surface area contributed by atoms with E-state index in [4.69, 9.17) is 15.0 Å². The van der Waals surface area contributed by atoms with Crippen molar-refractivity contribution < 1.29 is 0 Å². The minimum absolute atomic E-state index is 0.644. The maximum Gasteiger partial charge on any atom is 0.164 e. The van der Waals surface area contributed by atoms with Gasteiger partial charge in [0.2, 0.25) is 0 Å². The fourth-order valence-electron chi connectivity index (χ4n) is 8.57. The lowest BCUT2D eigenvalue weighted by Gasteiger charge is -2.12. The van der Waals surface area contributed by atoms with Crippen molar-refractivity contribution in [2.75, 3.05) is 0 Å². The van der Waals surface area contributed by atoms with Gasteiger partial charge in [-0.25, -0.2) is 15.0 Å². The summed E-state index contributed by atoms with van der Waals surface area (Å²) in [7, 11) is 0. The first-order valence-electron chi connectivity index (χ1n) is 18.8. The van der Waals surface area contributed by atoms with Gasteiger partial charge in [-0.3, -0.25) is 0 Å². The van der Waals surface area contributed by atoms with Crippen LogP contribution in [-0.2, 0) is 0 Å². The summed E-state index contributed by atoms with van der Waals surface area (Å²) in [4.78, 5) is 15.2. The van der Waals surface area contributed by atoms with Crippen molar-refractivity contribution in [3.8, 4) is 51.0 Å². The number of hydrogen-bond donors (Lipinski definition) is 0. The normalized spacial score (nSPS) is 11.9. The molecule has 0 saturated carbocycles. The van der Waals surface area contributed by atoms with Gasteiger partial charge in [0.15, 0.2) is 17.5 Å². The summed E-state index contributed by atoms with van der Waals surface area (Å²) in [5.74, 6) is 1.94. The topological polar surface area (TPSA) is 43.6 Å². The number of nitrogens with zero attached hydrogens (tertiary/aromatic N) is 4. The predicted octanol–water partition coefficient (Wildman–Crippen LogP) is 13.7. The Morgan fingerprint density at radius 1 is 0.321 bits per heavy atom. The monoisotopic (exact) mass is 730 g/mol. The first-order valence-corrected chi connectivity index (χ1v) is 19.7. The lowest BCUT2D eigenvalue weighted by atomic mass is 10.00. The van der Waals surface area contributed by atoms with E-state index in [1.54, 1.807) is 0 Å². The molecule has 5 heteroatoms. The van der Waals surface area contributed by atoms with E-state index in [0.717, 1.165) is 44.3 Å². The quantitative estimate of drug-likeness (QED) is 0.177. The lowest BCUT2D eigenvalue weighted by Crippen LogP contribution is -2.00. The molecule has 0 unspecified atom stereocenters. The van der Waals surface area contributed by atoms with Crippen LogP contribution in [0, 0.1) is 0 Å². The van der Waals surface area contributed by atoms with Crippen LogP contribution in [-0.4, -0.2) is 19.5 Å². The molecule has 0 aliphatic rings. The van der Waals surface area contributed by atoms with E-state index >= 15 is 0 Å². The molecule has 56 heavy (non-hydrogen) atoms. The van der Waals surface area contributed by atoms with Crippen molar-refractivity contribution in [3.63, 3.8) is 0 Å². The Bertz CT molecular complexity index is 3370. The van der Waals surface area contributed by atoms with E-state index in [9.17, 15) is 0 Å². The Kier molecular flexibility index (Phi) is 6.76. The second-order valence-corrected chi connectivity index (χ2v) is 15.5. The second kappa shape index (κ2) is 12.2. The third kappa shape index (κ3) is 4.81. The molecule has 4 nitrogen and oxygen atoms in total. The molecule has 9 aromatic carbocycles. The number of benzene rings is 9. The third-order valence-electron chi connectivity index (χ3n) is 11.2. The highest BCUT2D eigenvalue weighted by Crippen LogP contribution is 2.46. The fraction of sp³-hybridized carbons (Fsp3) is 0. The van der Waals surface area contributed by atoms with Crippen LogP contribution in [0.25, 0.3) is 115 Å². The van der Waals surface area contributed by atoms with Crippen LogP contribution in [0.1, 0.15) is 0 Å². The van der Waals surface area contributed by atoms with E-state index in [1.807, 2.05) is 35.6 Å². The molecule has 12 aromatic rings. The highest BCUT2D eigenvalue weighted by Gasteiger charge is 2.21. The molecule has 0 aliphatic carbocycles. The smallest absolute Gasteiger partial charge is 0.164 e. The summed E-state index contributed by atoms with van der Waals surface area (Å²) in [6.45, 7) is 0. The minimum Gasteiger partial charge on any atom is -0.309 e. The molecular weight excluding hydrogens is 701 g/mol. The second-order valence-electron chi connectivity index (χ2n) is 14.4. The molecular formula is C51H30N4S. The molecule has 3 aromatic heterocycles. The summed E-state index contributed by atoms with van der Waals surface area (Å²) in [5.41, 5.74) is 8.70. The van der Waals surface area contributed by atoms with Gasteiger partial charge in [-0.05, 0) is 81.2 Å². The van der Waals surface area contributed by atoms with Crippen molar-refractivity contribution in [1.82, 2.24) is 19.5 Å². The zero-order valence-electron chi connectivity index (χ0n) is 30.0. The summed E-state index contributed by atoms with van der Waals surface area (Å²) in [5, 5.41) is 10.2. The van der Waals surface area contributed by atoms with Crippen LogP contribution in [0.3, 0.4) is 0 Å². The summed E-state index contributed by atoms with van der Waals surface area (Å²) in [6, 6.07) is 64.9. The summed E-state index contributed by atoms with van der Waals surface area (Å²) < 4.78 is 5.07. The van der Waals surface area contributed by atoms with Crippen molar-refractivity contribution in [3.05, 3.63) is 182 Å². The van der Waals surface area contributed by atoms with Crippen LogP contribution in [0.5, 0.6) is 0 Å². The zero-order chi connectivity index (χ0) is 36.7. The van der Waals surface area contributed by atoms with Crippen molar-refractivity contribution in [2.24, 2.45) is 0 Å². The fourth-order valence-corrected chi connectivity index (χ4v) is 9.75. The van der Waals surface area contributed by atoms with Crippen molar-refractivity contribution in [2.45, 2.75) is 0 Å². The number of hydrogen-bond acceptors (Lipinski definition) is 4. The molecule has 3 heterocycles. The average molecular weight is 731 g/mol. The van der Waals surface area contributed by atoms with Crippen LogP contribution >= 0.6 is 11.3 Å². The Labute approximate surface area is 326 Å². The van der Waals surface area contributed by atoms with Crippen LogP contribution in [0.4, 0.5) is 0 Å². The summed E-state index contributed by atoms with van der Waals surface area (Å²) in [6.07, 6.45) is 0. The van der Waals surface area contributed by atoms with Crippen molar-refractivity contribution >= 4 is 74.9 Å². The number of rotatable bonds is 5. The van der Waals surface area contributed by atoms with Gasteiger partial charge in [-0.15, -0.1) is 11.3 Å². The molecule has 0 radical (unpaired) electrons. The van der Waals surface area contributed by atoms with E-state index in [-0.39, 0.29) is 0 Å². The van der Waals surface area contributed by atoms with Gasteiger partial charge >= 0.3 is 0 Å². The molecule has 0 atom stereocenters. The number of aromatic nitrogens is 4. The van der Waals surface area contributed by atoms with Crippen LogP contribution in [0.2, 0.25) is 0 Å². The van der Waals surface area contributed by atoms with Gasteiger partial charge in [-0.2, -0.15) is 0 Å². The molecule has 12 rings (SSSR count). The SMILES string of the molecule is c1ccc(-c2cccc(-c3nc(-c4ccccc4)nc(-c4ccc5cc(-n6c7ccc8cccc9sc%10cccc%11ccc6c(c%11%10)c7c89)ccc5c4)n3)c2)cc1.